The average molecular weight is 442 g/mol. The molecule has 0 spiro atoms. The molecule has 3 N–H and O–H groups in total. The van der Waals surface area contributed by atoms with Gasteiger partial charge in [0, 0.05) is 22.9 Å². The molecule has 0 fully saturated rings. The molecule has 0 saturated carbocycles. The Balaban J connectivity index is 0.00000352. The van der Waals surface area contributed by atoms with E-state index in [4.69, 9.17) is 22.4 Å². The Morgan fingerprint density at radius 1 is 1.39 bits per heavy atom. The first-order chi connectivity index (χ1) is 13.3. The molecular formula is C20H28ClN3O2S2. The van der Waals surface area contributed by atoms with E-state index in [0.717, 1.165) is 10.1 Å². The second kappa shape index (κ2) is 15.4. The summed E-state index contributed by atoms with van der Waals surface area (Å²) in [6, 6.07) is 4.57. The van der Waals surface area contributed by atoms with Crippen LogP contribution in [0.25, 0.3) is 0 Å². The minimum atomic E-state index is -1.03. The van der Waals surface area contributed by atoms with Crippen molar-refractivity contribution in [1.82, 2.24) is 4.98 Å². The van der Waals surface area contributed by atoms with Crippen molar-refractivity contribution in [2.45, 2.75) is 39.0 Å². The summed E-state index contributed by atoms with van der Waals surface area (Å²) in [5.74, 6) is -0.421. The van der Waals surface area contributed by atoms with Crippen LogP contribution in [0.3, 0.4) is 0 Å². The first kappa shape index (κ1) is 26.5. The molecule has 1 heterocycles. The third-order valence-corrected chi connectivity index (χ3v) is 5.49. The van der Waals surface area contributed by atoms with Crippen molar-refractivity contribution in [1.29, 1.82) is 0 Å². The Kier molecular flexibility index (Phi) is 14.5. The number of hydrogen-bond donors (Lipinski definition) is 2. The minimum absolute atomic E-state index is 0.199. The van der Waals surface area contributed by atoms with Gasteiger partial charge in [0.25, 0.3) is 0 Å². The molecule has 0 aliphatic carbocycles. The average Bonchev–Trinajstić information content (AvgIpc) is 2.70. The van der Waals surface area contributed by atoms with Crippen LogP contribution in [0.15, 0.2) is 58.7 Å². The maximum atomic E-state index is 10.9. The van der Waals surface area contributed by atoms with Crippen LogP contribution < -0.4 is 5.73 Å². The van der Waals surface area contributed by atoms with Crippen LogP contribution in [-0.4, -0.2) is 32.7 Å². The van der Waals surface area contributed by atoms with Crippen LogP contribution in [0.5, 0.6) is 0 Å². The summed E-state index contributed by atoms with van der Waals surface area (Å²) in [5, 5.41) is 9.52. The number of thioether (sulfide) groups is 2. The number of carboxylic acid groups (broad SMARTS) is 1. The van der Waals surface area contributed by atoms with Crippen LogP contribution in [0.2, 0.25) is 0 Å². The number of nitrogens with two attached hydrogens (primary N) is 1. The molecule has 0 aliphatic rings. The predicted octanol–water partition coefficient (Wildman–Crippen LogP) is 5.23. The number of aliphatic imine (C=N–C) groups is 1. The summed E-state index contributed by atoms with van der Waals surface area (Å²) < 4.78 is 0.852. The molecule has 5 nitrogen and oxygen atoms in total. The topological polar surface area (TPSA) is 88.6 Å². The fourth-order valence-corrected chi connectivity index (χ4v) is 3.27. The highest BCUT2D eigenvalue weighted by molar-refractivity contribution is 8.38. The summed E-state index contributed by atoms with van der Waals surface area (Å²) in [4.78, 5) is 19.8. The van der Waals surface area contributed by atoms with Gasteiger partial charge in [-0.1, -0.05) is 55.9 Å². The fraction of sp³-hybridized carbons (Fsp3) is 0.350. The van der Waals surface area contributed by atoms with Gasteiger partial charge in [0.2, 0.25) is 0 Å². The molecule has 28 heavy (non-hydrogen) atoms. The molecule has 154 valence electrons. The molecule has 1 aromatic rings. The number of allylic oxidation sites excluding steroid dienone is 4. The first-order valence-electron chi connectivity index (χ1n) is 8.73. The van der Waals surface area contributed by atoms with Gasteiger partial charge in [0.15, 0.2) is 0 Å². The zero-order chi connectivity index (χ0) is 21.5. The van der Waals surface area contributed by atoms with Crippen molar-refractivity contribution in [2.24, 2.45) is 10.7 Å². The van der Waals surface area contributed by atoms with E-state index in [-0.39, 0.29) is 6.42 Å². The number of nitrogens with zero attached hydrogens (tertiary/aromatic N) is 2. The molecule has 8 heteroatoms. The smallest absolute Gasteiger partial charge is 0.320 e. The van der Waals surface area contributed by atoms with Crippen LogP contribution in [-0.2, 0) is 17.0 Å². The van der Waals surface area contributed by atoms with E-state index in [2.05, 4.69) is 16.6 Å². The summed E-state index contributed by atoms with van der Waals surface area (Å²) in [5.41, 5.74) is 7.67. The van der Waals surface area contributed by atoms with Crippen LogP contribution >= 0.6 is 35.1 Å². The number of carboxylic acids is 1. The number of pyridine rings is 1. The van der Waals surface area contributed by atoms with Gasteiger partial charge < -0.3 is 10.8 Å². The molecule has 1 rings (SSSR count). The van der Waals surface area contributed by atoms with Crippen molar-refractivity contribution in [3.05, 3.63) is 65.1 Å². The summed E-state index contributed by atoms with van der Waals surface area (Å²) in [6.45, 7) is 9.75. The van der Waals surface area contributed by atoms with E-state index in [1.54, 1.807) is 24.3 Å². The van der Waals surface area contributed by atoms with Gasteiger partial charge in [-0.05, 0) is 37.5 Å². The highest BCUT2D eigenvalue weighted by Crippen LogP contribution is 2.21. The second-order valence-corrected chi connectivity index (χ2v) is 7.59. The Bertz CT molecular complexity index is 734. The minimum Gasteiger partial charge on any atom is -0.480 e. The van der Waals surface area contributed by atoms with E-state index < -0.39 is 12.0 Å². The van der Waals surface area contributed by atoms with E-state index in [1.165, 1.54) is 23.5 Å². The molecule has 0 aromatic carbocycles. The summed E-state index contributed by atoms with van der Waals surface area (Å²) in [7, 11) is 0. The highest BCUT2D eigenvalue weighted by Gasteiger charge is 2.13. The lowest BCUT2D eigenvalue weighted by Gasteiger charge is -2.08. The van der Waals surface area contributed by atoms with Crippen molar-refractivity contribution in [3.63, 3.8) is 0 Å². The van der Waals surface area contributed by atoms with E-state index in [0.29, 0.717) is 22.2 Å². The summed E-state index contributed by atoms with van der Waals surface area (Å²) >= 11 is 8.97. The van der Waals surface area contributed by atoms with Gasteiger partial charge in [-0.2, -0.15) is 0 Å². The number of aliphatic carboxylic acids is 1. The van der Waals surface area contributed by atoms with Crippen molar-refractivity contribution >= 4 is 45.5 Å². The largest absolute Gasteiger partial charge is 0.480 e. The number of rotatable bonds is 8. The molecule has 0 saturated heterocycles. The molecule has 0 amide bonds. The van der Waals surface area contributed by atoms with Gasteiger partial charge in [0.1, 0.15) is 10.4 Å². The first-order valence-corrected chi connectivity index (χ1v) is 11.3. The van der Waals surface area contributed by atoms with Gasteiger partial charge in [-0.15, -0.1) is 11.8 Å². The van der Waals surface area contributed by atoms with E-state index in [1.807, 2.05) is 39.2 Å². The number of halogens is 1. The number of carbonyl (C=O) groups is 1. The zero-order valence-electron chi connectivity index (χ0n) is 16.7. The maximum Gasteiger partial charge on any atom is 0.320 e. The molecule has 1 unspecified atom stereocenters. The predicted molar refractivity (Wildman–Crippen MR) is 125 cm³/mol. The lowest BCUT2D eigenvalue weighted by Crippen LogP contribution is -2.32. The van der Waals surface area contributed by atoms with Gasteiger partial charge >= 0.3 is 5.97 Å². The van der Waals surface area contributed by atoms with Crippen LogP contribution in [0.1, 0.15) is 32.2 Å². The van der Waals surface area contributed by atoms with Crippen LogP contribution in [0, 0.1) is 0 Å². The normalized spacial score (nSPS) is 13.1. The fourth-order valence-electron chi connectivity index (χ4n) is 1.74. The quantitative estimate of drug-likeness (QED) is 0.326. The molecule has 0 radical (unpaired) electrons. The molecule has 1 atom stereocenters. The van der Waals surface area contributed by atoms with Crippen molar-refractivity contribution in [2.75, 3.05) is 6.26 Å². The molecule has 1 aromatic heterocycles. The Labute approximate surface area is 181 Å². The Hall–Kier alpha value is -1.54. The summed E-state index contributed by atoms with van der Waals surface area (Å²) in [6.07, 6.45) is 7.42. The third kappa shape index (κ3) is 11.3. The van der Waals surface area contributed by atoms with Crippen molar-refractivity contribution < 1.29 is 9.90 Å². The van der Waals surface area contributed by atoms with E-state index >= 15 is 0 Å². The molecule has 0 bridgehead atoms. The second-order valence-electron chi connectivity index (χ2n) is 5.14. The van der Waals surface area contributed by atoms with Gasteiger partial charge in [0.05, 0.1) is 11.4 Å². The van der Waals surface area contributed by atoms with Crippen molar-refractivity contribution in [3.8, 4) is 0 Å². The standard InChI is InChI=1S/C18H22ClN3O2S2.C2H6/c1-4-13(19)9-8-12(2)21-18(25-3)26-11-15-7-5-6-14(22-15)10-16(20)17(23)24;1-2/h4-9,16H,2,10-11,20H2,1,3H3,(H,23,24);1-2H3/b9-8-,13-4+,21-18?;. The zero-order valence-corrected chi connectivity index (χ0v) is 19.1. The maximum absolute atomic E-state index is 10.9. The van der Waals surface area contributed by atoms with Gasteiger partial charge in [-0.25, -0.2) is 4.99 Å². The van der Waals surface area contributed by atoms with Crippen LogP contribution in [0.4, 0.5) is 0 Å². The Morgan fingerprint density at radius 3 is 2.61 bits per heavy atom. The Morgan fingerprint density at radius 2 is 2.04 bits per heavy atom. The molecule has 0 aliphatic heterocycles. The SMILES string of the molecule is C=C(/C=C\C(Cl)=C/C)N=C(SC)SCc1cccc(CC(N)C(=O)O)n1.CC. The monoisotopic (exact) mass is 441 g/mol. The lowest BCUT2D eigenvalue weighted by molar-refractivity contribution is -0.138. The van der Waals surface area contributed by atoms with Gasteiger partial charge in [-0.3, -0.25) is 9.78 Å². The highest BCUT2D eigenvalue weighted by atomic mass is 35.5. The molecular weight excluding hydrogens is 414 g/mol. The number of aromatic nitrogens is 1. The number of hydrogen-bond acceptors (Lipinski definition) is 6. The third-order valence-electron chi connectivity index (χ3n) is 3.07. The lowest BCUT2D eigenvalue weighted by atomic mass is 10.1. The van der Waals surface area contributed by atoms with E-state index in [9.17, 15) is 4.79 Å².